The number of benzene rings is 3. The highest BCUT2D eigenvalue weighted by atomic mass is 79.9. The van der Waals surface area contributed by atoms with Gasteiger partial charge in [-0.2, -0.15) is 0 Å². The first-order valence-electron chi connectivity index (χ1n) is 10.7. The Kier molecular flexibility index (Phi) is 7.86. The van der Waals surface area contributed by atoms with Crippen molar-refractivity contribution in [3.8, 4) is 0 Å². The topological polar surface area (TPSA) is 138 Å². The molecule has 190 valence electrons. The fourth-order valence-electron chi connectivity index (χ4n) is 3.22. The van der Waals surface area contributed by atoms with E-state index in [-0.39, 0.29) is 21.4 Å². The molecule has 1 heterocycles. The van der Waals surface area contributed by atoms with Gasteiger partial charge < -0.3 is 5.32 Å². The van der Waals surface area contributed by atoms with Crippen molar-refractivity contribution in [2.24, 2.45) is 0 Å². The number of aromatic nitrogens is 2. The van der Waals surface area contributed by atoms with Gasteiger partial charge in [0.1, 0.15) is 6.54 Å². The maximum Gasteiger partial charge on any atom is 0.264 e. The molecule has 37 heavy (non-hydrogen) atoms. The molecule has 0 saturated carbocycles. The lowest BCUT2D eigenvalue weighted by molar-refractivity contribution is -0.114. The molecule has 13 heteroatoms. The third-order valence-corrected chi connectivity index (χ3v) is 8.63. The minimum atomic E-state index is -4.05. The number of rotatable bonds is 9. The van der Waals surface area contributed by atoms with E-state index in [1.165, 1.54) is 48.8 Å². The second-order valence-corrected chi connectivity index (χ2v) is 12.0. The van der Waals surface area contributed by atoms with Gasteiger partial charge in [0.05, 0.1) is 15.5 Å². The number of sulfonamides is 2. The molecule has 1 amide bonds. The number of hydrogen-bond donors (Lipinski definition) is 2. The van der Waals surface area contributed by atoms with E-state index in [1.54, 1.807) is 48.5 Å². The fourth-order valence-corrected chi connectivity index (χ4v) is 5.89. The van der Waals surface area contributed by atoms with Crippen LogP contribution < -0.4 is 14.3 Å². The zero-order valence-electron chi connectivity index (χ0n) is 19.0. The zero-order valence-corrected chi connectivity index (χ0v) is 22.2. The molecule has 0 aliphatic rings. The number of amides is 1. The number of carbonyl (C=O) groups is 1. The van der Waals surface area contributed by atoms with Crippen LogP contribution in [0.1, 0.15) is 0 Å². The maximum atomic E-state index is 13.4. The summed E-state index contributed by atoms with van der Waals surface area (Å²) in [6, 6.07) is 21.3. The second-order valence-electron chi connectivity index (χ2n) is 7.55. The highest BCUT2D eigenvalue weighted by Gasteiger charge is 2.27. The van der Waals surface area contributed by atoms with Crippen LogP contribution in [0.25, 0.3) is 0 Å². The van der Waals surface area contributed by atoms with Crippen LogP contribution in [-0.2, 0) is 24.8 Å². The molecule has 2 N–H and O–H groups in total. The molecule has 0 spiro atoms. The first kappa shape index (κ1) is 26.3. The van der Waals surface area contributed by atoms with E-state index in [0.717, 1.165) is 8.78 Å². The number of halogens is 1. The Hall–Kier alpha value is -3.81. The van der Waals surface area contributed by atoms with Gasteiger partial charge in [0, 0.05) is 22.6 Å². The summed E-state index contributed by atoms with van der Waals surface area (Å²) < 4.78 is 55.8. The Labute approximate surface area is 222 Å². The third kappa shape index (κ3) is 6.50. The Bertz CT molecular complexity index is 1590. The fraction of sp³-hybridized carbons (Fsp3) is 0.0417. The molecule has 0 atom stereocenters. The van der Waals surface area contributed by atoms with Gasteiger partial charge in [-0.25, -0.2) is 31.5 Å². The van der Waals surface area contributed by atoms with Crippen molar-refractivity contribution in [2.75, 3.05) is 20.9 Å². The van der Waals surface area contributed by atoms with Crippen LogP contribution in [0.15, 0.2) is 112 Å². The monoisotopic (exact) mass is 601 g/mol. The smallest absolute Gasteiger partial charge is 0.264 e. The van der Waals surface area contributed by atoms with E-state index in [9.17, 15) is 21.6 Å². The summed E-state index contributed by atoms with van der Waals surface area (Å²) in [5.41, 5.74) is 0.589. The van der Waals surface area contributed by atoms with E-state index in [0.29, 0.717) is 5.69 Å². The predicted molar refractivity (Wildman–Crippen MR) is 143 cm³/mol. The van der Waals surface area contributed by atoms with Crippen LogP contribution in [0.2, 0.25) is 0 Å². The largest absolute Gasteiger partial charge is 0.325 e. The summed E-state index contributed by atoms with van der Waals surface area (Å²) in [5.74, 6) is -0.693. The van der Waals surface area contributed by atoms with Crippen molar-refractivity contribution >= 4 is 59.2 Å². The Balaban J connectivity index is 1.52. The third-order valence-electron chi connectivity index (χ3n) is 4.97. The first-order valence-corrected chi connectivity index (χ1v) is 14.4. The van der Waals surface area contributed by atoms with Gasteiger partial charge in [-0.3, -0.25) is 9.10 Å². The number of hydrogen-bond acceptors (Lipinski definition) is 7. The van der Waals surface area contributed by atoms with Crippen molar-refractivity contribution in [2.45, 2.75) is 9.79 Å². The van der Waals surface area contributed by atoms with E-state index in [4.69, 9.17) is 0 Å². The molecular formula is C24H20BrN5O5S2. The Morgan fingerprint density at radius 3 is 2.03 bits per heavy atom. The molecule has 0 aliphatic carbocycles. The van der Waals surface area contributed by atoms with Crippen molar-refractivity contribution in [1.82, 2.24) is 9.97 Å². The molecule has 10 nitrogen and oxygen atoms in total. The Morgan fingerprint density at radius 1 is 0.784 bits per heavy atom. The molecule has 0 saturated heterocycles. The van der Waals surface area contributed by atoms with Crippen molar-refractivity contribution in [1.29, 1.82) is 0 Å². The van der Waals surface area contributed by atoms with E-state index in [2.05, 4.69) is 35.9 Å². The molecule has 3 aromatic carbocycles. The molecule has 0 unspecified atom stereocenters. The van der Waals surface area contributed by atoms with Crippen LogP contribution in [-0.4, -0.2) is 39.3 Å². The highest BCUT2D eigenvalue weighted by molar-refractivity contribution is 9.10. The lowest BCUT2D eigenvalue weighted by Gasteiger charge is -2.24. The lowest BCUT2D eigenvalue weighted by Crippen LogP contribution is -2.38. The van der Waals surface area contributed by atoms with E-state index >= 15 is 0 Å². The average Bonchev–Trinajstić information content (AvgIpc) is 2.89. The minimum Gasteiger partial charge on any atom is -0.325 e. The van der Waals surface area contributed by atoms with E-state index in [1.807, 2.05) is 0 Å². The first-order chi connectivity index (χ1) is 17.6. The summed E-state index contributed by atoms with van der Waals surface area (Å²) in [7, 11) is -8.00. The summed E-state index contributed by atoms with van der Waals surface area (Å²) in [4.78, 5) is 20.5. The SMILES string of the molecule is O=C(CN(c1ccc(Br)cc1)S(=O)(=O)c1ccccc1)Nc1ccc(S(=O)(=O)Nc2ncccn2)cc1. The van der Waals surface area contributed by atoms with Crippen molar-refractivity contribution < 1.29 is 21.6 Å². The van der Waals surface area contributed by atoms with Gasteiger partial charge >= 0.3 is 0 Å². The molecule has 0 radical (unpaired) electrons. The summed E-state index contributed by atoms with van der Waals surface area (Å²) in [6.45, 7) is -0.508. The zero-order chi connectivity index (χ0) is 26.5. The van der Waals surface area contributed by atoms with Crippen LogP contribution in [0.4, 0.5) is 17.3 Å². The molecular weight excluding hydrogens is 582 g/mol. The molecule has 0 bridgehead atoms. The van der Waals surface area contributed by atoms with Gasteiger partial charge in [-0.05, 0) is 66.7 Å². The summed E-state index contributed by atoms with van der Waals surface area (Å²) in [5, 5.41) is 2.61. The summed E-state index contributed by atoms with van der Waals surface area (Å²) >= 11 is 3.32. The Morgan fingerprint density at radius 2 is 1.41 bits per heavy atom. The predicted octanol–water partition coefficient (Wildman–Crippen LogP) is 3.87. The van der Waals surface area contributed by atoms with Gasteiger partial charge in [-0.15, -0.1) is 0 Å². The van der Waals surface area contributed by atoms with Crippen LogP contribution in [0, 0.1) is 0 Å². The molecule has 0 aliphatic heterocycles. The quantitative estimate of drug-likeness (QED) is 0.297. The molecule has 1 aromatic heterocycles. The van der Waals surface area contributed by atoms with Gasteiger partial charge in [-0.1, -0.05) is 34.1 Å². The number of carbonyl (C=O) groups excluding carboxylic acids is 1. The highest BCUT2D eigenvalue weighted by Crippen LogP contribution is 2.25. The average molecular weight is 602 g/mol. The van der Waals surface area contributed by atoms with Gasteiger partial charge in [0.2, 0.25) is 11.9 Å². The summed E-state index contributed by atoms with van der Waals surface area (Å²) in [6.07, 6.45) is 2.80. The van der Waals surface area contributed by atoms with Crippen LogP contribution >= 0.6 is 15.9 Å². The second kappa shape index (κ2) is 11.1. The van der Waals surface area contributed by atoms with Gasteiger partial charge in [0.15, 0.2) is 0 Å². The number of anilines is 3. The maximum absolute atomic E-state index is 13.4. The number of nitrogens with zero attached hydrogens (tertiary/aromatic N) is 3. The minimum absolute atomic E-state index is 0.0372. The van der Waals surface area contributed by atoms with Crippen LogP contribution in [0.3, 0.4) is 0 Å². The standard InChI is InChI=1S/C24H20BrN5O5S2/c25-18-7-11-20(12-8-18)30(37(34,35)22-5-2-1-3-6-22)17-23(31)28-19-9-13-21(14-10-19)36(32,33)29-24-26-15-4-16-27-24/h1-16H,17H2,(H,28,31)(H,26,27,29). The normalized spacial score (nSPS) is 11.5. The molecule has 4 aromatic rings. The van der Waals surface area contributed by atoms with Crippen LogP contribution in [0.5, 0.6) is 0 Å². The van der Waals surface area contributed by atoms with Gasteiger partial charge in [0.25, 0.3) is 20.0 Å². The molecule has 0 fully saturated rings. The van der Waals surface area contributed by atoms with Crippen molar-refractivity contribution in [3.63, 3.8) is 0 Å². The number of nitrogens with one attached hydrogen (secondary N) is 2. The van der Waals surface area contributed by atoms with Crippen molar-refractivity contribution in [3.05, 3.63) is 102 Å². The molecule has 4 rings (SSSR count). The lowest BCUT2D eigenvalue weighted by atomic mass is 10.3. The van der Waals surface area contributed by atoms with E-state index < -0.39 is 32.5 Å².